The highest BCUT2D eigenvalue weighted by Crippen LogP contribution is 2.31. The van der Waals surface area contributed by atoms with E-state index in [9.17, 15) is 35.2 Å². The summed E-state index contributed by atoms with van der Waals surface area (Å²) >= 11 is 0. The molecule has 0 saturated carbocycles. The summed E-state index contributed by atoms with van der Waals surface area (Å²) in [6, 6.07) is 6.59. The molecule has 0 radical (unpaired) electrons. The zero-order valence-electron chi connectivity index (χ0n) is 16.7. The number of hydrogen-bond acceptors (Lipinski definition) is 4. The average Bonchev–Trinajstić information content (AvgIpc) is 2.75. The first kappa shape index (κ1) is 24.1. The third-order valence-corrected chi connectivity index (χ3v) is 6.88. The molecule has 1 N–H and O–H groups in total. The van der Waals surface area contributed by atoms with Gasteiger partial charge in [-0.3, -0.25) is 4.79 Å². The second-order valence-corrected chi connectivity index (χ2v) is 9.14. The zero-order valence-corrected chi connectivity index (χ0v) is 17.5. The van der Waals surface area contributed by atoms with Gasteiger partial charge in [-0.05, 0) is 30.3 Å². The molecule has 0 spiro atoms. The molecule has 0 unspecified atom stereocenters. The van der Waals surface area contributed by atoms with Gasteiger partial charge in [-0.1, -0.05) is 6.07 Å². The van der Waals surface area contributed by atoms with E-state index >= 15 is 0 Å². The first-order valence-corrected chi connectivity index (χ1v) is 11.1. The minimum Gasteiger partial charge on any atom is -0.326 e. The van der Waals surface area contributed by atoms with Crippen molar-refractivity contribution in [1.29, 1.82) is 0 Å². The Bertz CT molecular complexity index is 1080. The molecule has 1 saturated heterocycles. The number of carbonyl (C=O) groups excluding carboxylic acids is 1. The van der Waals surface area contributed by atoms with Crippen molar-refractivity contribution in [1.82, 2.24) is 9.21 Å². The van der Waals surface area contributed by atoms with Crippen molar-refractivity contribution in [2.45, 2.75) is 17.5 Å². The van der Waals surface area contributed by atoms with Crippen LogP contribution in [0.2, 0.25) is 0 Å². The van der Waals surface area contributed by atoms with Gasteiger partial charge in [0, 0.05) is 50.9 Å². The Balaban J connectivity index is 1.52. The molecule has 2 aromatic carbocycles. The molecule has 0 aromatic heterocycles. The van der Waals surface area contributed by atoms with E-state index < -0.39 is 44.2 Å². The van der Waals surface area contributed by atoms with Gasteiger partial charge >= 0.3 is 6.18 Å². The normalized spacial score (nSPS) is 16.2. The summed E-state index contributed by atoms with van der Waals surface area (Å²) in [5.74, 6) is -2.53. The Labute approximate surface area is 181 Å². The highest BCUT2D eigenvalue weighted by Gasteiger charge is 2.34. The van der Waals surface area contributed by atoms with Crippen LogP contribution >= 0.6 is 0 Å². The number of amides is 1. The highest BCUT2D eigenvalue weighted by atomic mass is 32.2. The van der Waals surface area contributed by atoms with Crippen molar-refractivity contribution in [3.8, 4) is 0 Å². The van der Waals surface area contributed by atoms with Gasteiger partial charge in [0.25, 0.3) is 0 Å². The second-order valence-electron chi connectivity index (χ2n) is 7.20. The third-order valence-electron chi connectivity index (χ3n) is 4.99. The standard InChI is InChI=1S/C20H20F5N3O3S/c21-17-5-4-15(13-18(17)22)26-19(29)6-7-27-8-10-28(11-9-27)32(30,31)16-3-1-2-14(12-16)20(23,24)25/h1-5,12-13H,6-11H2,(H,26,29). The van der Waals surface area contributed by atoms with Crippen LogP contribution in [-0.2, 0) is 21.0 Å². The number of anilines is 1. The molecule has 1 aliphatic rings. The van der Waals surface area contributed by atoms with Gasteiger partial charge in [0.15, 0.2) is 11.6 Å². The molecule has 6 nitrogen and oxygen atoms in total. The number of benzene rings is 2. The van der Waals surface area contributed by atoms with E-state index in [1.165, 1.54) is 6.07 Å². The molecule has 0 bridgehead atoms. The molecule has 174 valence electrons. The number of nitrogens with one attached hydrogen (secondary N) is 1. The van der Waals surface area contributed by atoms with E-state index in [2.05, 4.69) is 5.32 Å². The first-order valence-electron chi connectivity index (χ1n) is 9.61. The number of halogens is 5. The summed E-state index contributed by atoms with van der Waals surface area (Å²) < 4.78 is 91.3. The molecule has 0 atom stereocenters. The van der Waals surface area contributed by atoms with Crippen molar-refractivity contribution in [2.24, 2.45) is 0 Å². The van der Waals surface area contributed by atoms with Crippen LogP contribution in [0.4, 0.5) is 27.6 Å². The lowest BCUT2D eigenvalue weighted by atomic mass is 10.2. The quantitative estimate of drug-likeness (QED) is 0.649. The van der Waals surface area contributed by atoms with E-state index in [-0.39, 0.29) is 38.3 Å². The Morgan fingerprint density at radius 3 is 2.28 bits per heavy atom. The number of piperazine rings is 1. The fraction of sp³-hybridized carbons (Fsp3) is 0.350. The fourth-order valence-electron chi connectivity index (χ4n) is 3.23. The average molecular weight is 477 g/mol. The number of rotatable bonds is 6. The molecule has 12 heteroatoms. The molecule has 1 fully saturated rings. The first-order chi connectivity index (χ1) is 15.0. The van der Waals surface area contributed by atoms with Crippen molar-refractivity contribution >= 4 is 21.6 Å². The maximum absolute atomic E-state index is 13.2. The van der Waals surface area contributed by atoms with Gasteiger partial charge in [-0.15, -0.1) is 0 Å². The maximum Gasteiger partial charge on any atom is 0.416 e. The van der Waals surface area contributed by atoms with Crippen molar-refractivity contribution in [3.05, 3.63) is 59.7 Å². The van der Waals surface area contributed by atoms with Crippen molar-refractivity contribution in [2.75, 3.05) is 38.0 Å². The van der Waals surface area contributed by atoms with Crippen LogP contribution in [-0.4, -0.2) is 56.3 Å². The Morgan fingerprint density at radius 1 is 0.969 bits per heavy atom. The van der Waals surface area contributed by atoms with Crippen molar-refractivity contribution < 1.29 is 35.2 Å². The zero-order chi connectivity index (χ0) is 23.5. The molecule has 2 aromatic rings. The molecule has 32 heavy (non-hydrogen) atoms. The van der Waals surface area contributed by atoms with Crippen LogP contribution in [0.25, 0.3) is 0 Å². The summed E-state index contributed by atoms with van der Waals surface area (Å²) in [6.45, 7) is 0.993. The summed E-state index contributed by atoms with van der Waals surface area (Å²) in [7, 11) is -4.09. The monoisotopic (exact) mass is 477 g/mol. The third kappa shape index (κ3) is 5.81. The lowest BCUT2D eigenvalue weighted by Crippen LogP contribution is -2.49. The van der Waals surface area contributed by atoms with E-state index in [1.807, 2.05) is 4.90 Å². The van der Waals surface area contributed by atoms with Crippen LogP contribution in [0.3, 0.4) is 0 Å². The van der Waals surface area contributed by atoms with Crippen LogP contribution < -0.4 is 5.32 Å². The number of carbonyl (C=O) groups is 1. The van der Waals surface area contributed by atoms with E-state index in [1.54, 1.807) is 0 Å². The second kappa shape index (κ2) is 9.51. The molecule has 0 aliphatic carbocycles. The summed E-state index contributed by atoms with van der Waals surface area (Å²) in [5, 5.41) is 2.45. The van der Waals surface area contributed by atoms with Crippen LogP contribution in [0.5, 0.6) is 0 Å². The minimum absolute atomic E-state index is 0.0410. The minimum atomic E-state index is -4.65. The largest absolute Gasteiger partial charge is 0.416 e. The van der Waals surface area contributed by atoms with Gasteiger partial charge in [0.1, 0.15) is 0 Å². The van der Waals surface area contributed by atoms with Crippen LogP contribution in [0.1, 0.15) is 12.0 Å². The molecule has 1 aliphatic heterocycles. The number of nitrogens with zero attached hydrogens (tertiary/aromatic N) is 2. The van der Waals surface area contributed by atoms with Gasteiger partial charge in [-0.25, -0.2) is 17.2 Å². The van der Waals surface area contributed by atoms with Gasteiger partial charge in [0.05, 0.1) is 10.5 Å². The molecule has 1 amide bonds. The van der Waals surface area contributed by atoms with E-state index in [0.29, 0.717) is 12.6 Å². The predicted molar refractivity (Wildman–Crippen MR) is 106 cm³/mol. The topological polar surface area (TPSA) is 69.7 Å². The van der Waals surface area contributed by atoms with Gasteiger partial charge in [-0.2, -0.15) is 17.5 Å². The fourth-order valence-corrected chi connectivity index (χ4v) is 4.70. The highest BCUT2D eigenvalue weighted by molar-refractivity contribution is 7.89. The molecular formula is C20H20F5N3O3S. The van der Waals surface area contributed by atoms with Crippen LogP contribution in [0, 0.1) is 11.6 Å². The molecule has 3 rings (SSSR count). The number of alkyl halides is 3. The maximum atomic E-state index is 13.2. The summed E-state index contributed by atoms with van der Waals surface area (Å²) in [6.07, 6.45) is -4.61. The van der Waals surface area contributed by atoms with E-state index in [0.717, 1.165) is 34.6 Å². The Hall–Kier alpha value is -2.57. The van der Waals surface area contributed by atoms with Crippen molar-refractivity contribution in [3.63, 3.8) is 0 Å². The smallest absolute Gasteiger partial charge is 0.326 e. The Kier molecular flexibility index (Phi) is 7.16. The van der Waals surface area contributed by atoms with E-state index in [4.69, 9.17) is 0 Å². The molecular weight excluding hydrogens is 457 g/mol. The lowest BCUT2D eigenvalue weighted by molar-refractivity contribution is -0.137. The SMILES string of the molecule is O=C(CCN1CCN(S(=O)(=O)c2cccc(C(F)(F)F)c2)CC1)Nc1ccc(F)c(F)c1. The summed E-state index contributed by atoms with van der Waals surface area (Å²) in [4.78, 5) is 13.4. The van der Waals surface area contributed by atoms with Gasteiger partial charge in [0.2, 0.25) is 15.9 Å². The lowest BCUT2D eigenvalue weighted by Gasteiger charge is -2.33. The molecule has 1 heterocycles. The summed E-state index contributed by atoms with van der Waals surface area (Å²) in [5.41, 5.74) is -0.921. The van der Waals surface area contributed by atoms with Crippen LogP contribution in [0.15, 0.2) is 47.4 Å². The predicted octanol–water partition coefficient (Wildman–Crippen LogP) is 3.32. The number of sulfonamides is 1. The Morgan fingerprint density at radius 2 is 1.66 bits per heavy atom. The number of hydrogen-bond donors (Lipinski definition) is 1. The van der Waals surface area contributed by atoms with Gasteiger partial charge < -0.3 is 10.2 Å².